The van der Waals surface area contributed by atoms with Crippen LogP contribution < -0.4 is 10.1 Å². The van der Waals surface area contributed by atoms with E-state index in [1.54, 1.807) is 37.3 Å². The van der Waals surface area contributed by atoms with E-state index in [9.17, 15) is 14.0 Å². The van der Waals surface area contributed by atoms with Crippen molar-refractivity contribution in [3.8, 4) is 5.75 Å². The van der Waals surface area contributed by atoms with Gasteiger partial charge >= 0.3 is 0 Å². The molecule has 31 heavy (non-hydrogen) atoms. The van der Waals surface area contributed by atoms with Gasteiger partial charge in [-0.05, 0) is 49.6 Å². The van der Waals surface area contributed by atoms with Gasteiger partial charge in [0.2, 0.25) is 5.91 Å². The van der Waals surface area contributed by atoms with Crippen LogP contribution in [0, 0.1) is 5.82 Å². The lowest BCUT2D eigenvalue weighted by atomic mass is 9.95. The lowest BCUT2D eigenvalue weighted by Gasteiger charge is -2.31. The standard InChI is InChI=1S/C24H28ClFN2O3/c1-17(24(30)27-20-10-3-2-4-11-20)28(15-18-8-7-9-19(25)14-18)23(29)16-31-22-13-6-5-12-21(22)26/h5-9,12-14,17,20H,2-4,10-11,15-16H2,1H3,(H,27,30)/t17-/m0/s1. The summed E-state index contributed by atoms with van der Waals surface area (Å²) in [5.41, 5.74) is 0.795. The summed E-state index contributed by atoms with van der Waals surface area (Å²) in [5.74, 6) is -1.15. The van der Waals surface area contributed by atoms with Crippen LogP contribution in [0.3, 0.4) is 0 Å². The van der Waals surface area contributed by atoms with Crippen LogP contribution in [0.1, 0.15) is 44.6 Å². The van der Waals surface area contributed by atoms with Gasteiger partial charge in [-0.3, -0.25) is 9.59 Å². The van der Waals surface area contributed by atoms with E-state index in [1.807, 2.05) is 6.07 Å². The van der Waals surface area contributed by atoms with E-state index >= 15 is 0 Å². The van der Waals surface area contributed by atoms with E-state index in [1.165, 1.54) is 23.5 Å². The van der Waals surface area contributed by atoms with Gasteiger partial charge in [0.15, 0.2) is 18.2 Å². The van der Waals surface area contributed by atoms with Crippen LogP contribution in [0.5, 0.6) is 5.75 Å². The predicted octanol–water partition coefficient (Wildman–Crippen LogP) is 4.72. The van der Waals surface area contributed by atoms with Gasteiger partial charge in [0.1, 0.15) is 6.04 Å². The molecule has 2 amide bonds. The lowest BCUT2D eigenvalue weighted by molar-refractivity contribution is -0.142. The number of halogens is 2. The number of benzene rings is 2. The molecule has 0 heterocycles. The van der Waals surface area contributed by atoms with Crippen LogP contribution >= 0.6 is 11.6 Å². The summed E-state index contributed by atoms with van der Waals surface area (Å²) in [7, 11) is 0. The van der Waals surface area contributed by atoms with Crippen LogP contribution in [0.4, 0.5) is 4.39 Å². The van der Waals surface area contributed by atoms with Gasteiger partial charge in [-0.15, -0.1) is 0 Å². The Labute approximate surface area is 187 Å². The third-order valence-corrected chi connectivity index (χ3v) is 5.78. The van der Waals surface area contributed by atoms with Gasteiger partial charge in [-0.25, -0.2) is 4.39 Å². The maximum Gasteiger partial charge on any atom is 0.261 e. The van der Waals surface area contributed by atoms with Crippen LogP contribution in [0.2, 0.25) is 5.02 Å². The zero-order valence-corrected chi connectivity index (χ0v) is 18.4. The number of ether oxygens (including phenoxy) is 1. The molecular formula is C24H28ClFN2O3. The van der Waals surface area contributed by atoms with Crippen LogP contribution in [0.25, 0.3) is 0 Å². The highest BCUT2D eigenvalue weighted by Crippen LogP contribution is 2.20. The largest absolute Gasteiger partial charge is 0.481 e. The molecule has 3 rings (SSSR count). The Morgan fingerprint density at radius 2 is 1.90 bits per heavy atom. The number of rotatable bonds is 8. The molecule has 166 valence electrons. The molecular weight excluding hydrogens is 419 g/mol. The van der Waals surface area contributed by atoms with Crippen LogP contribution in [-0.4, -0.2) is 35.4 Å². The average Bonchev–Trinajstić information content (AvgIpc) is 2.77. The predicted molar refractivity (Wildman–Crippen MR) is 118 cm³/mol. The first kappa shape index (κ1) is 23.1. The Morgan fingerprint density at radius 3 is 2.61 bits per heavy atom. The van der Waals surface area contributed by atoms with Crippen molar-refractivity contribution in [1.82, 2.24) is 10.2 Å². The highest BCUT2D eigenvalue weighted by molar-refractivity contribution is 6.30. The maximum atomic E-state index is 13.9. The third-order valence-electron chi connectivity index (χ3n) is 5.55. The van der Waals surface area contributed by atoms with Gasteiger partial charge in [0.25, 0.3) is 5.91 Å². The van der Waals surface area contributed by atoms with E-state index < -0.39 is 17.8 Å². The van der Waals surface area contributed by atoms with E-state index in [0.29, 0.717) is 5.02 Å². The molecule has 0 bridgehead atoms. The minimum atomic E-state index is -0.711. The summed E-state index contributed by atoms with van der Waals surface area (Å²) in [4.78, 5) is 27.4. The molecule has 1 aliphatic rings. The average molecular weight is 447 g/mol. The second-order valence-corrected chi connectivity index (χ2v) is 8.33. The van der Waals surface area contributed by atoms with Crippen molar-refractivity contribution in [3.05, 3.63) is 64.9 Å². The van der Waals surface area contributed by atoms with Crippen molar-refractivity contribution in [3.63, 3.8) is 0 Å². The first-order valence-corrected chi connectivity index (χ1v) is 11.0. The number of carbonyl (C=O) groups excluding carboxylic acids is 2. The quantitative estimate of drug-likeness (QED) is 0.638. The van der Waals surface area contributed by atoms with Gasteiger partial charge in [0, 0.05) is 17.6 Å². The summed E-state index contributed by atoms with van der Waals surface area (Å²) in [6, 6.07) is 12.5. The zero-order valence-electron chi connectivity index (χ0n) is 17.7. The van der Waals surface area contributed by atoms with Gasteiger partial charge in [-0.1, -0.05) is 55.1 Å². The molecule has 1 fully saturated rings. The van der Waals surface area contributed by atoms with E-state index in [2.05, 4.69) is 5.32 Å². The number of nitrogens with zero attached hydrogens (tertiary/aromatic N) is 1. The smallest absolute Gasteiger partial charge is 0.261 e. The number of hydrogen-bond acceptors (Lipinski definition) is 3. The van der Waals surface area contributed by atoms with E-state index in [4.69, 9.17) is 16.3 Å². The second kappa shape index (κ2) is 11.1. The summed E-state index contributed by atoms with van der Waals surface area (Å²) < 4.78 is 19.2. The zero-order chi connectivity index (χ0) is 22.2. The molecule has 1 saturated carbocycles. The monoisotopic (exact) mass is 446 g/mol. The minimum absolute atomic E-state index is 0.00198. The van der Waals surface area contributed by atoms with Crippen molar-refractivity contribution >= 4 is 23.4 Å². The summed E-state index contributed by atoms with van der Waals surface area (Å²) in [6.45, 7) is 1.52. The molecule has 1 atom stereocenters. The van der Waals surface area contributed by atoms with E-state index in [0.717, 1.165) is 31.2 Å². The van der Waals surface area contributed by atoms with Crippen LogP contribution in [0.15, 0.2) is 48.5 Å². The first-order valence-electron chi connectivity index (χ1n) is 10.7. The molecule has 2 aromatic carbocycles. The van der Waals surface area contributed by atoms with Crippen molar-refractivity contribution in [1.29, 1.82) is 0 Å². The van der Waals surface area contributed by atoms with Crippen molar-refractivity contribution in [2.45, 2.75) is 57.7 Å². The fraction of sp³-hybridized carbons (Fsp3) is 0.417. The topological polar surface area (TPSA) is 58.6 Å². The molecule has 7 heteroatoms. The molecule has 5 nitrogen and oxygen atoms in total. The second-order valence-electron chi connectivity index (χ2n) is 7.89. The Balaban J connectivity index is 1.71. The molecule has 0 aromatic heterocycles. The summed E-state index contributed by atoms with van der Waals surface area (Å²) in [5, 5.41) is 3.62. The SMILES string of the molecule is C[C@@H](C(=O)NC1CCCCC1)N(Cc1cccc(Cl)c1)C(=O)COc1ccccc1F. The molecule has 0 radical (unpaired) electrons. The Kier molecular flexibility index (Phi) is 8.29. The number of para-hydroxylation sites is 1. The van der Waals surface area contributed by atoms with Gasteiger partial charge < -0.3 is 15.0 Å². The third kappa shape index (κ3) is 6.69. The molecule has 0 unspecified atom stereocenters. The maximum absolute atomic E-state index is 13.9. The molecule has 2 aromatic rings. The number of carbonyl (C=O) groups is 2. The molecule has 0 aliphatic heterocycles. The molecule has 0 saturated heterocycles. The fourth-order valence-electron chi connectivity index (χ4n) is 3.77. The Hall–Kier alpha value is -2.60. The highest BCUT2D eigenvalue weighted by Gasteiger charge is 2.28. The number of hydrogen-bond donors (Lipinski definition) is 1. The summed E-state index contributed by atoms with van der Waals surface area (Å²) >= 11 is 6.09. The fourth-order valence-corrected chi connectivity index (χ4v) is 3.98. The lowest BCUT2D eigenvalue weighted by Crippen LogP contribution is -2.51. The normalized spacial score (nSPS) is 15.2. The van der Waals surface area contributed by atoms with Gasteiger partial charge in [-0.2, -0.15) is 0 Å². The first-order chi connectivity index (χ1) is 14.9. The van der Waals surface area contributed by atoms with Crippen LogP contribution in [-0.2, 0) is 16.1 Å². The highest BCUT2D eigenvalue weighted by atomic mass is 35.5. The molecule has 0 spiro atoms. The van der Waals surface area contributed by atoms with Crippen molar-refractivity contribution in [2.75, 3.05) is 6.61 Å². The number of nitrogens with one attached hydrogen (secondary N) is 1. The molecule has 1 aliphatic carbocycles. The Morgan fingerprint density at radius 1 is 1.16 bits per heavy atom. The Bertz CT molecular complexity index is 902. The van der Waals surface area contributed by atoms with Gasteiger partial charge in [0.05, 0.1) is 0 Å². The van der Waals surface area contributed by atoms with Crippen molar-refractivity contribution < 1.29 is 18.7 Å². The van der Waals surface area contributed by atoms with E-state index in [-0.39, 0.29) is 30.9 Å². The molecule has 1 N–H and O–H groups in total. The van der Waals surface area contributed by atoms with Crippen molar-refractivity contribution in [2.24, 2.45) is 0 Å². The number of amides is 2. The minimum Gasteiger partial charge on any atom is -0.481 e. The summed E-state index contributed by atoms with van der Waals surface area (Å²) in [6.07, 6.45) is 5.30.